The maximum atomic E-state index is 10.5. The van der Waals surface area contributed by atoms with Gasteiger partial charge in [-0.1, -0.05) is 35.5 Å². The minimum atomic E-state index is -0.817. The second-order valence-corrected chi connectivity index (χ2v) is 6.96. The third kappa shape index (κ3) is 2.46. The third-order valence-corrected chi connectivity index (χ3v) is 4.61. The zero-order chi connectivity index (χ0) is 16.2. The molecule has 0 spiro atoms. The fraction of sp³-hybridized carbons (Fsp3) is 0.588. The standard InChI is InChI=1S/C17H21NO5/c1-16(2)21-14-12(19)13(20-15(14)22-16)11-9-17(3,23-18-11)10-7-5-4-6-8-10/h4-8,12-15,19H,9H2,1-3H3/t12-,13+,14+,15+,17?/m0/s1. The van der Waals surface area contributed by atoms with Crippen molar-refractivity contribution in [2.24, 2.45) is 5.16 Å². The van der Waals surface area contributed by atoms with Crippen LogP contribution in [0.1, 0.15) is 32.8 Å². The van der Waals surface area contributed by atoms with Crippen molar-refractivity contribution in [3.8, 4) is 0 Å². The second kappa shape index (κ2) is 5.01. The first kappa shape index (κ1) is 15.1. The molecule has 5 atom stereocenters. The Morgan fingerprint density at radius 1 is 1.13 bits per heavy atom. The average Bonchev–Trinajstić information content (AvgIpc) is 3.14. The van der Waals surface area contributed by atoms with Crippen molar-refractivity contribution in [1.29, 1.82) is 0 Å². The SMILES string of the molecule is CC1(C)O[C@H]2O[C@H](C3=NOC(C)(c4ccccc4)C3)[C@H](O)[C@H]2O1. The molecular weight excluding hydrogens is 298 g/mol. The molecule has 2 saturated heterocycles. The Kier molecular flexibility index (Phi) is 3.29. The van der Waals surface area contributed by atoms with Gasteiger partial charge in [-0.15, -0.1) is 0 Å². The van der Waals surface area contributed by atoms with E-state index in [1.807, 2.05) is 37.3 Å². The third-order valence-electron chi connectivity index (χ3n) is 4.61. The molecule has 0 aliphatic carbocycles. The number of hydrogen-bond acceptors (Lipinski definition) is 6. The largest absolute Gasteiger partial charge is 0.387 e. The molecule has 0 aromatic heterocycles. The van der Waals surface area contributed by atoms with Crippen LogP contribution in [-0.4, -0.2) is 41.2 Å². The molecule has 4 rings (SSSR count). The van der Waals surface area contributed by atoms with Crippen LogP contribution in [0.2, 0.25) is 0 Å². The molecule has 0 radical (unpaired) electrons. The van der Waals surface area contributed by atoms with Crippen LogP contribution in [0.15, 0.2) is 35.5 Å². The van der Waals surface area contributed by atoms with Gasteiger partial charge in [0, 0.05) is 6.42 Å². The summed E-state index contributed by atoms with van der Waals surface area (Å²) in [5, 5.41) is 14.7. The maximum Gasteiger partial charge on any atom is 0.190 e. The van der Waals surface area contributed by atoms with Crippen LogP contribution >= 0.6 is 0 Å². The molecule has 3 heterocycles. The number of nitrogens with zero attached hydrogens (tertiary/aromatic N) is 1. The molecule has 1 aromatic rings. The van der Waals surface area contributed by atoms with Crippen LogP contribution in [0, 0.1) is 0 Å². The first-order valence-corrected chi connectivity index (χ1v) is 7.88. The van der Waals surface area contributed by atoms with Crippen LogP contribution in [0.4, 0.5) is 0 Å². The second-order valence-electron chi connectivity index (χ2n) is 6.96. The van der Waals surface area contributed by atoms with Gasteiger partial charge in [-0.05, 0) is 26.3 Å². The highest BCUT2D eigenvalue weighted by molar-refractivity contribution is 5.91. The summed E-state index contributed by atoms with van der Waals surface area (Å²) >= 11 is 0. The maximum absolute atomic E-state index is 10.5. The zero-order valence-electron chi connectivity index (χ0n) is 13.4. The first-order chi connectivity index (χ1) is 10.9. The van der Waals surface area contributed by atoms with Gasteiger partial charge in [0.25, 0.3) is 0 Å². The number of rotatable bonds is 2. The summed E-state index contributed by atoms with van der Waals surface area (Å²) in [6, 6.07) is 9.92. The Labute approximate surface area is 135 Å². The van der Waals surface area contributed by atoms with Crippen molar-refractivity contribution >= 4 is 5.71 Å². The lowest BCUT2D eigenvalue weighted by Gasteiger charge is -2.24. The highest BCUT2D eigenvalue weighted by Crippen LogP contribution is 2.41. The molecule has 23 heavy (non-hydrogen) atoms. The predicted molar refractivity (Wildman–Crippen MR) is 81.6 cm³/mol. The molecule has 3 aliphatic rings. The van der Waals surface area contributed by atoms with Crippen molar-refractivity contribution < 1.29 is 24.2 Å². The van der Waals surface area contributed by atoms with E-state index in [0.717, 1.165) is 5.56 Å². The summed E-state index contributed by atoms with van der Waals surface area (Å²) in [6.45, 7) is 5.59. The van der Waals surface area contributed by atoms with Crippen LogP contribution in [0.25, 0.3) is 0 Å². The number of ether oxygens (including phenoxy) is 3. The van der Waals surface area contributed by atoms with Gasteiger partial charge < -0.3 is 24.2 Å². The number of fused-ring (bicyclic) bond motifs is 1. The molecule has 6 nitrogen and oxygen atoms in total. The van der Waals surface area contributed by atoms with E-state index in [1.165, 1.54) is 0 Å². The lowest BCUT2D eigenvalue weighted by molar-refractivity contribution is -0.207. The van der Waals surface area contributed by atoms with E-state index in [0.29, 0.717) is 12.1 Å². The number of aliphatic hydroxyl groups is 1. The lowest BCUT2D eigenvalue weighted by atomic mass is 9.89. The van der Waals surface area contributed by atoms with Crippen molar-refractivity contribution in [3.63, 3.8) is 0 Å². The Hall–Kier alpha value is -1.47. The highest BCUT2D eigenvalue weighted by Gasteiger charge is 2.57. The summed E-state index contributed by atoms with van der Waals surface area (Å²) in [4.78, 5) is 5.68. The van der Waals surface area contributed by atoms with Crippen molar-refractivity contribution in [2.75, 3.05) is 0 Å². The van der Waals surface area contributed by atoms with E-state index in [1.54, 1.807) is 13.8 Å². The van der Waals surface area contributed by atoms with Crippen LogP contribution in [-0.2, 0) is 24.6 Å². The van der Waals surface area contributed by atoms with Gasteiger partial charge in [0.15, 0.2) is 17.7 Å². The summed E-state index contributed by atoms with van der Waals surface area (Å²) in [7, 11) is 0. The fourth-order valence-corrected chi connectivity index (χ4v) is 3.43. The quantitative estimate of drug-likeness (QED) is 0.902. The van der Waals surface area contributed by atoms with Crippen molar-refractivity contribution in [3.05, 3.63) is 35.9 Å². The summed E-state index contributed by atoms with van der Waals surface area (Å²) in [6.07, 6.45) is -1.90. The van der Waals surface area contributed by atoms with Crippen molar-refractivity contribution in [2.45, 2.75) is 63.2 Å². The minimum absolute atomic E-state index is 0.499. The Balaban J connectivity index is 1.49. The highest BCUT2D eigenvalue weighted by atomic mass is 16.8. The topological polar surface area (TPSA) is 69.5 Å². The Morgan fingerprint density at radius 2 is 1.87 bits per heavy atom. The van der Waals surface area contributed by atoms with E-state index in [4.69, 9.17) is 19.0 Å². The van der Waals surface area contributed by atoms with Gasteiger partial charge >= 0.3 is 0 Å². The molecule has 124 valence electrons. The van der Waals surface area contributed by atoms with Gasteiger partial charge in [0.1, 0.15) is 18.3 Å². The van der Waals surface area contributed by atoms with Gasteiger partial charge in [0.05, 0.1) is 5.71 Å². The molecule has 0 bridgehead atoms. The predicted octanol–water partition coefficient (Wildman–Crippen LogP) is 1.92. The number of benzene rings is 1. The van der Waals surface area contributed by atoms with Crippen LogP contribution in [0.5, 0.6) is 0 Å². The van der Waals surface area contributed by atoms with E-state index in [2.05, 4.69) is 5.16 Å². The van der Waals surface area contributed by atoms with Gasteiger partial charge in [-0.3, -0.25) is 0 Å². The molecule has 1 aromatic carbocycles. The normalized spacial score (nSPS) is 41.5. The molecule has 0 saturated carbocycles. The zero-order valence-corrected chi connectivity index (χ0v) is 13.4. The molecule has 3 aliphatic heterocycles. The first-order valence-electron chi connectivity index (χ1n) is 7.88. The molecule has 2 fully saturated rings. The van der Waals surface area contributed by atoms with E-state index in [-0.39, 0.29) is 0 Å². The average molecular weight is 319 g/mol. The number of hydrogen-bond donors (Lipinski definition) is 1. The molecule has 1 unspecified atom stereocenters. The Morgan fingerprint density at radius 3 is 2.57 bits per heavy atom. The van der Waals surface area contributed by atoms with Gasteiger partial charge in [-0.2, -0.15) is 0 Å². The van der Waals surface area contributed by atoms with Crippen LogP contribution in [0.3, 0.4) is 0 Å². The monoisotopic (exact) mass is 319 g/mol. The summed E-state index contributed by atoms with van der Waals surface area (Å²) < 4.78 is 17.2. The number of oxime groups is 1. The molecule has 1 N–H and O–H groups in total. The fourth-order valence-electron chi connectivity index (χ4n) is 3.43. The summed E-state index contributed by atoms with van der Waals surface area (Å²) in [5.74, 6) is -0.742. The van der Waals surface area contributed by atoms with E-state index < -0.39 is 36.0 Å². The number of aliphatic hydroxyl groups excluding tert-OH is 1. The van der Waals surface area contributed by atoms with E-state index in [9.17, 15) is 5.11 Å². The van der Waals surface area contributed by atoms with Crippen molar-refractivity contribution in [1.82, 2.24) is 0 Å². The van der Waals surface area contributed by atoms with Crippen LogP contribution < -0.4 is 0 Å². The van der Waals surface area contributed by atoms with Gasteiger partial charge in [-0.25, -0.2) is 0 Å². The summed E-state index contributed by atoms with van der Waals surface area (Å²) in [5.41, 5.74) is 1.18. The lowest BCUT2D eigenvalue weighted by Crippen LogP contribution is -2.39. The Bertz CT molecular complexity index is 631. The van der Waals surface area contributed by atoms with Gasteiger partial charge in [0.2, 0.25) is 0 Å². The molecular formula is C17H21NO5. The minimum Gasteiger partial charge on any atom is -0.387 e. The molecule has 6 heteroatoms. The van der Waals surface area contributed by atoms with E-state index >= 15 is 0 Å². The smallest absolute Gasteiger partial charge is 0.190 e. The molecule has 0 amide bonds.